The zero-order valence-electron chi connectivity index (χ0n) is 8.11. The molecule has 1 rings (SSSR count). The molecule has 1 amide bonds. The van der Waals surface area contributed by atoms with Gasteiger partial charge in [0.2, 0.25) is 5.91 Å². The lowest BCUT2D eigenvalue weighted by atomic mass is 10.2. The summed E-state index contributed by atoms with van der Waals surface area (Å²) in [6, 6.07) is 0.163. The van der Waals surface area contributed by atoms with Gasteiger partial charge >= 0.3 is 5.97 Å². The van der Waals surface area contributed by atoms with Gasteiger partial charge in [0.15, 0.2) is 0 Å². The van der Waals surface area contributed by atoms with Crippen molar-refractivity contribution in [1.82, 2.24) is 4.90 Å². The highest BCUT2D eigenvalue weighted by atomic mass is 16.4. The van der Waals surface area contributed by atoms with E-state index in [4.69, 9.17) is 10.8 Å². The van der Waals surface area contributed by atoms with Gasteiger partial charge in [0.05, 0.1) is 0 Å². The highest BCUT2D eigenvalue weighted by Crippen LogP contribution is 2.27. The van der Waals surface area contributed by atoms with E-state index in [0.29, 0.717) is 19.4 Å². The van der Waals surface area contributed by atoms with E-state index in [0.717, 1.165) is 12.8 Å². The van der Waals surface area contributed by atoms with Crippen molar-refractivity contribution in [2.75, 3.05) is 13.1 Å². The summed E-state index contributed by atoms with van der Waals surface area (Å²) in [5.74, 6) is -1.03. The van der Waals surface area contributed by atoms with Gasteiger partial charge in [-0.15, -0.1) is 0 Å². The van der Waals surface area contributed by atoms with Crippen molar-refractivity contribution >= 4 is 11.9 Å². The van der Waals surface area contributed by atoms with E-state index in [2.05, 4.69) is 0 Å². The fourth-order valence-electron chi connectivity index (χ4n) is 1.35. The summed E-state index contributed by atoms with van der Waals surface area (Å²) in [4.78, 5) is 23.5. The molecule has 0 spiro atoms. The molecule has 3 N–H and O–H groups in total. The Hall–Kier alpha value is -1.10. The lowest BCUT2D eigenvalue weighted by molar-refractivity contribution is -0.144. The summed E-state index contributed by atoms with van der Waals surface area (Å²) in [6.45, 7) is 0.297. The van der Waals surface area contributed by atoms with Gasteiger partial charge in [0.25, 0.3) is 0 Å². The number of amides is 1. The summed E-state index contributed by atoms with van der Waals surface area (Å²) in [5.41, 5.74) is 5.28. The van der Waals surface area contributed by atoms with Crippen LogP contribution >= 0.6 is 0 Å². The van der Waals surface area contributed by atoms with Crippen LogP contribution in [0.3, 0.4) is 0 Å². The van der Waals surface area contributed by atoms with E-state index in [1.54, 1.807) is 0 Å². The number of carbonyl (C=O) groups excluding carboxylic acids is 1. The minimum atomic E-state index is -0.946. The molecular weight excluding hydrogens is 184 g/mol. The summed E-state index contributed by atoms with van der Waals surface area (Å²) in [6.07, 6.45) is 2.85. The van der Waals surface area contributed by atoms with E-state index in [1.807, 2.05) is 0 Å². The number of hydrogen-bond acceptors (Lipinski definition) is 3. The highest BCUT2D eigenvalue weighted by Gasteiger charge is 2.33. The van der Waals surface area contributed by atoms with Crippen LogP contribution in [0.2, 0.25) is 0 Å². The van der Waals surface area contributed by atoms with Gasteiger partial charge in [0.1, 0.15) is 6.54 Å². The van der Waals surface area contributed by atoms with Crippen LogP contribution in [0.25, 0.3) is 0 Å². The predicted octanol–water partition coefficient (Wildman–Crippen LogP) is -0.199. The van der Waals surface area contributed by atoms with E-state index in [9.17, 15) is 9.59 Å². The third-order valence-corrected chi connectivity index (χ3v) is 2.21. The van der Waals surface area contributed by atoms with E-state index in [1.165, 1.54) is 4.90 Å². The molecule has 1 aliphatic rings. The van der Waals surface area contributed by atoms with Crippen LogP contribution in [-0.2, 0) is 9.59 Å². The molecule has 0 aromatic heterocycles. The highest BCUT2D eigenvalue weighted by molar-refractivity contribution is 5.81. The number of rotatable bonds is 6. The minimum absolute atomic E-state index is 0.0830. The van der Waals surface area contributed by atoms with Crippen molar-refractivity contribution in [2.45, 2.75) is 31.7 Å². The van der Waals surface area contributed by atoms with Gasteiger partial charge in [-0.2, -0.15) is 0 Å². The number of carboxylic acid groups (broad SMARTS) is 1. The Morgan fingerprint density at radius 2 is 2.07 bits per heavy atom. The van der Waals surface area contributed by atoms with Crippen LogP contribution in [0.4, 0.5) is 0 Å². The number of nitrogens with two attached hydrogens (primary N) is 1. The van der Waals surface area contributed by atoms with Gasteiger partial charge in [-0.25, -0.2) is 0 Å². The van der Waals surface area contributed by atoms with Crippen LogP contribution in [0.15, 0.2) is 0 Å². The first-order valence-electron chi connectivity index (χ1n) is 4.86. The molecule has 0 atom stereocenters. The predicted molar refractivity (Wildman–Crippen MR) is 50.7 cm³/mol. The van der Waals surface area contributed by atoms with Crippen LogP contribution < -0.4 is 5.73 Å². The molecule has 0 aromatic rings. The third kappa shape index (κ3) is 3.33. The topological polar surface area (TPSA) is 83.6 Å². The van der Waals surface area contributed by atoms with Crippen molar-refractivity contribution in [3.8, 4) is 0 Å². The Morgan fingerprint density at radius 3 is 2.50 bits per heavy atom. The Labute approximate surface area is 82.9 Å². The molecule has 1 fully saturated rings. The molecule has 80 valence electrons. The Balaban J connectivity index is 2.40. The Morgan fingerprint density at radius 1 is 1.43 bits per heavy atom. The lowest BCUT2D eigenvalue weighted by Gasteiger charge is -2.19. The Kier molecular flexibility index (Phi) is 3.88. The summed E-state index contributed by atoms with van der Waals surface area (Å²) in [7, 11) is 0. The first-order chi connectivity index (χ1) is 6.65. The van der Waals surface area contributed by atoms with Crippen LogP contribution in [0.1, 0.15) is 25.7 Å². The number of hydrogen-bond donors (Lipinski definition) is 2. The van der Waals surface area contributed by atoms with Crippen molar-refractivity contribution in [3.05, 3.63) is 0 Å². The van der Waals surface area contributed by atoms with Gasteiger partial charge < -0.3 is 15.7 Å². The first-order valence-corrected chi connectivity index (χ1v) is 4.86. The molecule has 0 saturated heterocycles. The molecule has 1 aliphatic carbocycles. The Bertz CT molecular complexity index is 226. The molecule has 0 heterocycles. The van der Waals surface area contributed by atoms with Crippen molar-refractivity contribution in [3.63, 3.8) is 0 Å². The fraction of sp³-hybridized carbons (Fsp3) is 0.778. The summed E-state index contributed by atoms with van der Waals surface area (Å²) in [5, 5.41) is 8.62. The van der Waals surface area contributed by atoms with Crippen LogP contribution in [0, 0.1) is 0 Å². The van der Waals surface area contributed by atoms with Crippen molar-refractivity contribution in [2.24, 2.45) is 5.73 Å². The van der Waals surface area contributed by atoms with Crippen LogP contribution in [0.5, 0.6) is 0 Å². The van der Waals surface area contributed by atoms with Crippen molar-refractivity contribution < 1.29 is 14.7 Å². The third-order valence-electron chi connectivity index (χ3n) is 2.21. The monoisotopic (exact) mass is 200 g/mol. The first kappa shape index (κ1) is 11.0. The molecule has 0 aliphatic heterocycles. The SMILES string of the molecule is NCCCC(=O)N(CC(=O)O)C1CC1. The maximum absolute atomic E-state index is 11.5. The largest absolute Gasteiger partial charge is 0.480 e. The van der Waals surface area contributed by atoms with Gasteiger partial charge in [0, 0.05) is 12.5 Å². The second kappa shape index (κ2) is 4.95. The second-order valence-electron chi connectivity index (χ2n) is 3.54. The molecule has 5 heteroatoms. The zero-order valence-corrected chi connectivity index (χ0v) is 8.11. The van der Waals surface area contributed by atoms with Gasteiger partial charge in [-0.1, -0.05) is 0 Å². The number of aliphatic carboxylic acids is 1. The zero-order chi connectivity index (χ0) is 10.6. The fourth-order valence-corrected chi connectivity index (χ4v) is 1.35. The average molecular weight is 200 g/mol. The van der Waals surface area contributed by atoms with Crippen LogP contribution in [-0.4, -0.2) is 41.0 Å². The molecule has 14 heavy (non-hydrogen) atoms. The maximum atomic E-state index is 11.5. The quantitative estimate of drug-likeness (QED) is 0.622. The molecule has 0 aromatic carbocycles. The molecule has 0 bridgehead atoms. The van der Waals surface area contributed by atoms with E-state index >= 15 is 0 Å². The number of nitrogens with zero attached hydrogens (tertiary/aromatic N) is 1. The van der Waals surface area contributed by atoms with E-state index < -0.39 is 5.97 Å². The normalized spacial score (nSPS) is 15.2. The number of carbonyl (C=O) groups is 2. The summed E-state index contributed by atoms with van der Waals surface area (Å²) >= 11 is 0. The molecule has 0 unspecified atom stereocenters. The van der Waals surface area contributed by atoms with Gasteiger partial charge in [-0.3, -0.25) is 9.59 Å². The average Bonchev–Trinajstić information content (AvgIpc) is 2.93. The standard InChI is InChI=1S/C9H16N2O3/c10-5-1-2-8(12)11(6-9(13)14)7-3-4-7/h7H,1-6,10H2,(H,13,14). The molecule has 0 radical (unpaired) electrons. The molecular formula is C9H16N2O3. The maximum Gasteiger partial charge on any atom is 0.323 e. The van der Waals surface area contributed by atoms with Gasteiger partial charge in [-0.05, 0) is 25.8 Å². The summed E-state index contributed by atoms with van der Waals surface area (Å²) < 4.78 is 0. The molecule has 5 nitrogen and oxygen atoms in total. The van der Waals surface area contributed by atoms with Crippen molar-refractivity contribution in [1.29, 1.82) is 0 Å². The minimum Gasteiger partial charge on any atom is -0.480 e. The lowest BCUT2D eigenvalue weighted by Crippen LogP contribution is -2.37. The number of carboxylic acids is 1. The molecule has 1 saturated carbocycles. The van der Waals surface area contributed by atoms with E-state index in [-0.39, 0.29) is 18.5 Å². The smallest absolute Gasteiger partial charge is 0.323 e. The second-order valence-corrected chi connectivity index (χ2v) is 3.54.